The number of benzene rings is 1. The molecule has 0 heterocycles. The first-order chi connectivity index (χ1) is 10.4. The summed E-state index contributed by atoms with van der Waals surface area (Å²) in [7, 11) is -3.37. The molecular weight excluding hydrogens is 300 g/mol. The average Bonchev–Trinajstić information content (AvgIpc) is 3.01. The summed E-state index contributed by atoms with van der Waals surface area (Å²) in [5, 5.41) is 2.85. The lowest BCUT2D eigenvalue weighted by Gasteiger charge is -2.21. The van der Waals surface area contributed by atoms with Crippen LogP contribution in [-0.4, -0.2) is 20.6 Å². The molecule has 1 aromatic rings. The number of para-hydroxylation sites is 2. The molecule has 22 heavy (non-hydrogen) atoms. The molecule has 3 atom stereocenters. The van der Waals surface area contributed by atoms with E-state index < -0.39 is 10.0 Å². The number of carbonyl (C=O) groups is 1. The molecule has 0 saturated heterocycles. The molecule has 0 unspecified atom stereocenters. The first-order valence-electron chi connectivity index (χ1n) is 7.77. The molecule has 6 heteroatoms. The molecular formula is C16H22N2O3S. The molecule has 0 aliphatic heterocycles. The zero-order chi connectivity index (χ0) is 15.7. The highest BCUT2D eigenvalue weighted by Gasteiger charge is 2.40. The van der Waals surface area contributed by atoms with E-state index in [1.54, 1.807) is 24.3 Å². The molecule has 0 aromatic heterocycles. The maximum Gasteiger partial charge on any atom is 0.229 e. The van der Waals surface area contributed by atoms with Crippen molar-refractivity contribution >= 4 is 27.3 Å². The first-order valence-corrected chi connectivity index (χ1v) is 9.66. The molecule has 2 N–H and O–H groups in total. The SMILES string of the molecule is CS(=O)(=O)Nc1ccccc1NC(=O)C[C@H]1C[C@H]2CC[C@H]1C2. The van der Waals surface area contributed by atoms with E-state index in [9.17, 15) is 13.2 Å². The molecule has 1 amide bonds. The van der Waals surface area contributed by atoms with Gasteiger partial charge in [0.1, 0.15) is 0 Å². The van der Waals surface area contributed by atoms with Crippen LogP contribution in [0.25, 0.3) is 0 Å². The van der Waals surface area contributed by atoms with Gasteiger partial charge in [0.2, 0.25) is 15.9 Å². The standard InChI is InChI=1S/C16H22N2O3S/c1-22(20,21)18-15-5-3-2-4-14(15)17-16(19)10-13-9-11-6-7-12(13)8-11/h2-5,11-13,18H,6-10H2,1H3,(H,17,19)/t11-,12-,13+/m0/s1. The molecule has 0 spiro atoms. The molecule has 2 bridgehead atoms. The van der Waals surface area contributed by atoms with Crippen LogP contribution in [0.2, 0.25) is 0 Å². The van der Waals surface area contributed by atoms with Gasteiger partial charge in [-0.1, -0.05) is 18.6 Å². The predicted octanol–water partition coefficient (Wildman–Crippen LogP) is 2.82. The van der Waals surface area contributed by atoms with E-state index in [1.807, 2.05) is 0 Å². The van der Waals surface area contributed by atoms with Gasteiger partial charge in [-0.05, 0) is 49.1 Å². The van der Waals surface area contributed by atoms with E-state index in [0.29, 0.717) is 29.6 Å². The van der Waals surface area contributed by atoms with Crippen molar-refractivity contribution in [3.8, 4) is 0 Å². The second kappa shape index (κ2) is 5.91. The highest BCUT2D eigenvalue weighted by atomic mass is 32.2. The van der Waals surface area contributed by atoms with E-state index >= 15 is 0 Å². The van der Waals surface area contributed by atoms with Crippen molar-refractivity contribution in [3.63, 3.8) is 0 Å². The van der Waals surface area contributed by atoms with Crippen LogP contribution in [0.4, 0.5) is 11.4 Å². The van der Waals surface area contributed by atoms with Crippen molar-refractivity contribution in [3.05, 3.63) is 24.3 Å². The average molecular weight is 322 g/mol. The van der Waals surface area contributed by atoms with Crippen molar-refractivity contribution in [2.24, 2.45) is 17.8 Å². The Hall–Kier alpha value is -1.56. The minimum Gasteiger partial charge on any atom is -0.324 e. The van der Waals surface area contributed by atoms with Gasteiger partial charge in [-0.2, -0.15) is 0 Å². The number of rotatable bonds is 5. The van der Waals surface area contributed by atoms with E-state index in [1.165, 1.54) is 25.7 Å². The second-order valence-electron chi connectivity index (χ2n) is 6.61. The molecule has 3 rings (SSSR count). The van der Waals surface area contributed by atoms with Gasteiger partial charge in [-0.15, -0.1) is 0 Å². The van der Waals surface area contributed by atoms with E-state index in [-0.39, 0.29) is 5.91 Å². The summed E-state index contributed by atoms with van der Waals surface area (Å²) in [6, 6.07) is 6.88. The molecule has 2 saturated carbocycles. The smallest absolute Gasteiger partial charge is 0.229 e. The molecule has 0 radical (unpaired) electrons. The van der Waals surface area contributed by atoms with Gasteiger partial charge in [0.15, 0.2) is 0 Å². The Morgan fingerprint density at radius 1 is 1.18 bits per heavy atom. The van der Waals surface area contributed by atoms with Crippen LogP contribution in [0, 0.1) is 17.8 Å². The summed E-state index contributed by atoms with van der Waals surface area (Å²) in [5.74, 6) is 2.00. The third kappa shape index (κ3) is 3.61. The van der Waals surface area contributed by atoms with Crippen LogP contribution in [0.1, 0.15) is 32.1 Å². The van der Waals surface area contributed by atoms with Crippen LogP contribution < -0.4 is 10.0 Å². The molecule has 120 valence electrons. The minimum absolute atomic E-state index is 0.0275. The molecule has 2 aliphatic carbocycles. The lowest BCUT2D eigenvalue weighted by Crippen LogP contribution is -2.21. The second-order valence-corrected chi connectivity index (χ2v) is 8.36. The molecule has 2 fully saturated rings. The van der Waals surface area contributed by atoms with Crippen molar-refractivity contribution in [1.82, 2.24) is 0 Å². The van der Waals surface area contributed by atoms with Crippen LogP contribution in [0.5, 0.6) is 0 Å². The zero-order valence-corrected chi connectivity index (χ0v) is 13.5. The molecule has 2 aliphatic rings. The van der Waals surface area contributed by atoms with Crippen LogP contribution in [-0.2, 0) is 14.8 Å². The Balaban J connectivity index is 1.64. The summed E-state index contributed by atoms with van der Waals surface area (Å²) in [5.41, 5.74) is 0.923. The summed E-state index contributed by atoms with van der Waals surface area (Å²) >= 11 is 0. The van der Waals surface area contributed by atoms with Crippen LogP contribution >= 0.6 is 0 Å². The largest absolute Gasteiger partial charge is 0.324 e. The topological polar surface area (TPSA) is 75.3 Å². The monoisotopic (exact) mass is 322 g/mol. The van der Waals surface area contributed by atoms with Gasteiger partial charge in [0.05, 0.1) is 17.6 Å². The van der Waals surface area contributed by atoms with Crippen LogP contribution in [0.3, 0.4) is 0 Å². The number of carbonyl (C=O) groups excluding carboxylic acids is 1. The fraction of sp³-hybridized carbons (Fsp3) is 0.562. The van der Waals surface area contributed by atoms with Gasteiger partial charge >= 0.3 is 0 Å². The quantitative estimate of drug-likeness (QED) is 0.875. The molecule has 5 nitrogen and oxygen atoms in total. The van der Waals surface area contributed by atoms with Crippen molar-refractivity contribution in [1.29, 1.82) is 0 Å². The Morgan fingerprint density at radius 3 is 2.50 bits per heavy atom. The maximum absolute atomic E-state index is 12.3. The number of hydrogen-bond acceptors (Lipinski definition) is 3. The van der Waals surface area contributed by atoms with E-state index in [0.717, 1.165) is 12.2 Å². The Labute approximate surface area is 131 Å². The summed E-state index contributed by atoms with van der Waals surface area (Å²) in [6.45, 7) is 0. The normalized spacial score (nSPS) is 26.9. The highest BCUT2D eigenvalue weighted by Crippen LogP contribution is 2.49. The summed E-state index contributed by atoms with van der Waals surface area (Å²) in [6.07, 6.45) is 6.67. The van der Waals surface area contributed by atoms with Gasteiger partial charge in [-0.25, -0.2) is 8.42 Å². The lowest BCUT2D eigenvalue weighted by molar-refractivity contribution is -0.117. The van der Waals surface area contributed by atoms with Crippen molar-refractivity contribution in [2.45, 2.75) is 32.1 Å². The van der Waals surface area contributed by atoms with Gasteiger partial charge < -0.3 is 5.32 Å². The number of sulfonamides is 1. The zero-order valence-electron chi connectivity index (χ0n) is 12.7. The number of nitrogens with one attached hydrogen (secondary N) is 2. The number of amides is 1. The number of fused-ring (bicyclic) bond motifs is 2. The van der Waals surface area contributed by atoms with Crippen molar-refractivity contribution in [2.75, 3.05) is 16.3 Å². The Bertz CT molecular complexity index is 672. The lowest BCUT2D eigenvalue weighted by atomic mass is 9.86. The fourth-order valence-corrected chi connectivity index (χ4v) is 4.52. The van der Waals surface area contributed by atoms with Gasteiger partial charge in [0, 0.05) is 6.42 Å². The Morgan fingerprint density at radius 2 is 1.91 bits per heavy atom. The van der Waals surface area contributed by atoms with Gasteiger partial charge in [-0.3, -0.25) is 9.52 Å². The van der Waals surface area contributed by atoms with E-state index in [4.69, 9.17) is 0 Å². The first kappa shape index (κ1) is 15.3. The minimum atomic E-state index is -3.37. The predicted molar refractivity (Wildman–Crippen MR) is 87.1 cm³/mol. The van der Waals surface area contributed by atoms with Gasteiger partial charge in [0.25, 0.3) is 0 Å². The fourth-order valence-electron chi connectivity index (χ4n) is 3.95. The third-order valence-electron chi connectivity index (χ3n) is 4.83. The molecule has 1 aromatic carbocycles. The van der Waals surface area contributed by atoms with E-state index in [2.05, 4.69) is 10.0 Å². The third-order valence-corrected chi connectivity index (χ3v) is 5.42. The number of anilines is 2. The Kier molecular flexibility index (Phi) is 4.12. The van der Waals surface area contributed by atoms with Crippen LogP contribution in [0.15, 0.2) is 24.3 Å². The maximum atomic E-state index is 12.3. The summed E-state index contributed by atoms with van der Waals surface area (Å²) < 4.78 is 25.2. The summed E-state index contributed by atoms with van der Waals surface area (Å²) in [4.78, 5) is 12.3. The highest BCUT2D eigenvalue weighted by molar-refractivity contribution is 7.92. The number of hydrogen-bond donors (Lipinski definition) is 2. The van der Waals surface area contributed by atoms with Crippen molar-refractivity contribution < 1.29 is 13.2 Å².